The first-order chi connectivity index (χ1) is 18.9. The topological polar surface area (TPSA) is 116 Å². The summed E-state index contributed by atoms with van der Waals surface area (Å²) in [4.78, 5) is 34.1. The van der Waals surface area contributed by atoms with Gasteiger partial charge in [0.15, 0.2) is 5.82 Å². The molecule has 0 bridgehead atoms. The SMILES string of the molecule is CCCC[C@H](c1ccc(C(=O)NCc2nn[nH]n2)cc1)N1C(=O)C(c2cccc(Cl)c2)=NC12CC=CC(C)C2. The van der Waals surface area contributed by atoms with Crippen molar-refractivity contribution in [2.75, 3.05) is 0 Å². The van der Waals surface area contributed by atoms with Crippen LogP contribution in [-0.4, -0.2) is 48.7 Å². The zero-order valence-corrected chi connectivity index (χ0v) is 22.9. The lowest BCUT2D eigenvalue weighted by atomic mass is 9.84. The summed E-state index contributed by atoms with van der Waals surface area (Å²) < 4.78 is 0. The number of amides is 2. The van der Waals surface area contributed by atoms with Crippen LogP contribution in [-0.2, 0) is 11.3 Å². The molecule has 2 amide bonds. The van der Waals surface area contributed by atoms with E-state index in [9.17, 15) is 9.59 Å². The molecular weight excluding hydrogens is 514 g/mol. The minimum absolute atomic E-state index is 0.0807. The summed E-state index contributed by atoms with van der Waals surface area (Å²) in [6.45, 7) is 4.49. The van der Waals surface area contributed by atoms with Gasteiger partial charge in [-0.05, 0) is 48.6 Å². The van der Waals surface area contributed by atoms with E-state index >= 15 is 0 Å². The molecule has 1 aromatic heterocycles. The van der Waals surface area contributed by atoms with Crippen molar-refractivity contribution in [3.63, 3.8) is 0 Å². The third kappa shape index (κ3) is 5.63. The number of nitrogens with zero attached hydrogens (tertiary/aromatic N) is 5. The Morgan fingerprint density at radius 3 is 2.77 bits per heavy atom. The standard InChI is InChI=1S/C29H32ClN7O2/c1-3-4-10-24(20-11-13-21(14-12-20)27(38)31-18-25-33-35-36-34-25)37-28(39)26(22-8-5-9-23(30)16-22)32-29(37)15-6-7-19(2)17-29/h5-9,11-14,16,19,24H,3-4,10,15,17-18H2,1-2H3,(H,31,38)(H,33,34,35,36)/t19?,24-,29?/m1/s1. The van der Waals surface area contributed by atoms with E-state index < -0.39 is 5.66 Å². The third-order valence-corrected chi connectivity index (χ3v) is 7.58. The van der Waals surface area contributed by atoms with Crippen molar-refractivity contribution in [2.24, 2.45) is 10.9 Å². The summed E-state index contributed by atoms with van der Waals surface area (Å²) in [6.07, 6.45) is 8.50. The first-order valence-electron chi connectivity index (χ1n) is 13.4. The summed E-state index contributed by atoms with van der Waals surface area (Å²) in [5.41, 5.74) is 2.03. The number of halogens is 1. The number of benzene rings is 2. The van der Waals surface area contributed by atoms with Gasteiger partial charge in [-0.1, -0.05) is 79.9 Å². The lowest BCUT2D eigenvalue weighted by Gasteiger charge is -2.44. The van der Waals surface area contributed by atoms with Crippen molar-refractivity contribution < 1.29 is 9.59 Å². The van der Waals surface area contributed by atoms with Gasteiger partial charge in [0.1, 0.15) is 11.4 Å². The molecule has 1 aliphatic heterocycles. The number of aromatic nitrogens is 4. The lowest BCUT2D eigenvalue weighted by molar-refractivity contribution is -0.132. The molecule has 2 aromatic carbocycles. The van der Waals surface area contributed by atoms with E-state index in [1.807, 2.05) is 29.2 Å². The van der Waals surface area contributed by atoms with Gasteiger partial charge >= 0.3 is 0 Å². The van der Waals surface area contributed by atoms with Crippen LogP contribution < -0.4 is 5.32 Å². The summed E-state index contributed by atoms with van der Waals surface area (Å²) in [5, 5.41) is 17.0. The van der Waals surface area contributed by atoms with Crippen LogP contribution >= 0.6 is 11.6 Å². The molecule has 1 spiro atoms. The number of nitrogens with one attached hydrogen (secondary N) is 2. The molecule has 2 aliphatic rings. The van der Waals surface area contributed by atoms with Crippen molar-refractivity contribution in [3.05, 3.63) is 88.2 Å². The molecule has 0 radical (unpaired) electrons. The average Bonchev–Trinajstić information content (AvgIpc) is 3.55. The number of tetrazole rings is 1. The molecule has 2 heterocycles. The van der Waals surface area contributed by atoms with Crippen molar-refractivity contribution in [3.8, 4) is 0 Å². The highest BCUT2D eigenvalue weighted by Gasteiger charge is 2.51. The monoisotopic (exact) mass is 545 g/mol. The molecule has 3 atom stereocenters. The fourth-order valence-corrected chi connectivity index (χ4v) is 5.72. The Labute approximate surface area is 232 Å². The molecule has 5 rings (SSSR count). The second-order valence-electron chi connectivity index (χ2n) is 10.2. The lowest BCUT2D eigenvalue weighted by Crippen LogP contribution is -2.50. The Balaban J connectivity index is 1.46. The van der Waals surface area contributed by atoms with Gasteiger partial charge in [0.25, 0.3) is 11.8 Å². The van der Waals surface area contributed by atoms with Gasteiger partial charge in [0.05, 0.1) is 12.6 Å². The number of aromatic amines is 1. The van der Waals surface area contributed by atoms with Crippen LogP contribution in [0, 0.1) is 5.92 Å². The smallest absolute Gasteiger partial charge is 0.275 e. The molecule has 9 nitrogen and oxygen atoms in total. The Morgan fingerprint density at radius 2 is 2.08 bits per heavy atom. The maximum atomic E-state index is 14.2. The number of aliphatic imine (C=N–C) groups is 1. The van der Waals surface area contributed by atoms with Gasteiger partial charge in [-0.15, -0.1) is 10.2 Å². The Kier molecular flexibility index (Phi) is 7.88. The van der Waals surface area contributed by atoms with Crippen LogP contribution in [0.15, 0.2) is 65.7 Å². The largest absolute Gasteiger partial charge is 0.345 e. The predicted molar refractivity (Wildman–Crippen MR) is 149 cm³/mol. The van der Waals surface area contributed by atoms with Crippen molar-refractivity contribution >= 4 is 29.1 Å². The number of rotatable bonds is 9. The normalized spacial score (nSPS) is 21.3. The third-order valence-electron chi connectivity index (χ3n) is 7.34. The molecule has 0 saturated carbocycles. The molecule has 0 fully saturated rings. The Bertz CT molecular complexity index is 1390. The van der Waals surface area contributed by atoms with Crippen LogP contribution in [0.25, 0.3) is 0 Å². The first kappa shape index (κ1) is 26.7. The molecule has 2 unspecified atom stereocenters. The number of carbonyl (C=O) groups is 2. The predicted octanol–water partition coefficient (Wildman–Crippen LogP) is 5.03. The van der Waals surface area contributed by atoms with Crippen LogP contribution in [0.5, 0.6) is 0 Å². The van der Waals surface area contributed by atoms with Gasteiger partial charge < -0.3 is 10.2 Å². The van der Waals surface area contributed by atoms with Crippen molar-refractivity contribution in [1.29, 1.82) is 0 Å². The number of hydrogen-bond donors (Lipinski definition) is 2. The number of hydrogen-bond acceptors (Lipinski definition) is 6. The zero-order valence-electron chi connectivity index (χ0n) is 22.1. The Morgan fingerprint density at radius 1 is 1.26 bits per heavy atom. The van der Waals surface area contributed by atoms with Gasteiger partial charge in [-0.3, -0.25) is 14.6 Å². The molecule has 3 aromatic rings. The fraction of sp³-hybridized carbons (Fsp3) is 0.379. The van der Waals surface area contributed by atoms with E-state index in [4.69, 9.17) is 16.6 Å². The second-order valence-corrected chi connectivity index (χ2v) is 10.7. The number of unbranched alkanes of at least 4 members (excludes halogenated alkanes) is 1. The minimum Gasteiger partial charge on any atom is -0.345 e. The summed E-state index contributed by atoms with van der Waals surface area (Å²) in [5.74, 6) is 0.378. The van der Waals surface area contributed by atoms with Gasteiger partial charge in [0.2, 0.25) is 0 Å². The maximum Gasteiger partial charge on any atom is 0.275 e. The van der Waals surface area contributed by atoms with E-state index in [2.05, 4.69) is 51.9 Å². The molecule has 1 aliphatic carbocycles. The molecule has 202 valence electrons. The van der Waals surface area contributed by atoms with Gasteiger partial charge in [-0.2, -0.15) is 5.21 Å². The zero-order chi connectivity index (χ0) is 27.4. The summed E-state index contributed by atoms with van der Waals surface area (Å²) in [6, 6.07) is 14.7. The van der Waals surface area contributed by atoms with E-state index in [-0.39, 0.29) is 30.3 Å². The summed E-state index contributed by atoms with van der Waals surface area (Å²) in [7, 11) is 0. The molecule has 10 heteroatoms. The van der Waals surface area contributed by atoms with Crippen molar-refractivity contribution in [2.45, 2.75) is 64.2 Å². The quantitative estimate of drug-likeness (QED) is 0.366. The molecule has 0 saturated heterocycles. The molecule has 2 N–H and O–H groups in total. The average molecular weight is 546 g/mol. The van der Waals surface area contributed by atoms with E-state index in [0.717, 1.165) is 36.8 Å². The fourth-order valence-electron chi connectivity index (χ4n) is 5.53. The van der Waals surface area contributed by atoms with Crippen LogP contribution in [0.1, 0.15) is 79.3 Å². The van der Waals surface area contributed by atoms with Crippen LogP contribution in [0.2, 0.25) is 5.02 Å². The van der Waals surface area contributed by atoms with E-state index in [1.165, 1.54) is 0 Å². The first-order valence-corrected chi connectivity index (χ1v) is 13.7. The molecule has 39 heavy (non-hydrogen) atoms. The van der Waals surface area contributed by atoms with Crippen LogP contribution in [0.4, 0.5) is 0 Å². The number of carbonyl (C=O) groups excluding carboxylic acids is 2. The summed E-state index contributed by atoms with van der Waals surface area (Å²) >= 11 is 6.29. The minimum atomic E-state index is -0.665. The highest BCUT2D eigenvalue weighted by Crippen LogP contribution is 2.45. The van der Waals surface area contributed by atoms with Crippen LogP contribution in [0.3, 0.4) is 0 Å². The number of H-pyrrole nitrogens is 1. The second kappa shape index (κ2) is 11.5. The van der Waals surface area contributed by atoms with Gasteiger partial charge in [0, 0.05) is 22.6 Å². The van der Waals surface area contributed by atoms with E-state index in [0.29, 0.717) is 28.5 Å². The maximum absolute atomic E-state index is 14.2. The van der Waals surface area contributed by atoms with Gasteiger partial charge in [-0.25, -0.2) is 0 Å². The Hall–Kier alpha value is -3.85. The number of allylic oxidation sites excluding steroid dienone is 1. The highest BCUT2D eigenvalue weighted by molar-refractivity contribution is 6.47. The molecular formula is C29H32ClN7O2. The van der Waals surface area contributed by atoms with E-state index in [1.54, 1.807) is 24.3 Å². The highest BCUT2D eigenvalue weighted by atomic mass is 35.5. The van der Waals surface area contributed by atoms with Crippen molar-refractivity contribution in [1.82, 2.24) is 30.8 Å².